The SMILES string of the molecule is O=C1NC(c2c(F)cccc2Cl)Nc2cccc(Cl)c21. The smallest absolute Gasteiger partial charge is 0.256 e. The van der Waals surface area contributed by atoms with Gasteiger partial charge in [-0.05, 0) is 24.3 Å². The molecule has 2 N–H and O–H groups in total. The van der Waals surface area contributed by atoms with Crippen molar-refractivity contribution in [1.82, 2.24) is 5.32 Å². The van der Waals surface area contributed by atoms with Crippen molar-refractivity contribution >= 4 is 34.8 Å². The molecule has 2 aromatic carbocycles. The molecule has 0 spiro atoms. The number of carbonyl (C=O) groups is 1. The van der Waals surface area contributed by atoms with Crippen molar-refractivity contribution in [2.75, 3.05) is 5.32 Å². The Balaban J connectivity index is 2.06. The average Bonchev–Trinajstić information content (AvgIpc) is 2.38. The summed E-state index contributed by atoms with van der Waals surface area (Å²) >= 11 is 12.0. The Bertz CT molecular complexity index is 685. The first-order valence-electron chi connectivity index (χ1n) is 5.88. The third-order valence-electron chi connectivity index (χ3n) is 3.10. The molecule has 1 aliphatic rings. The van der Waals surface area contributed by atoms with Crippen LogP contribution < -0.4 is 10.6 Å². The highest BCUT2D eigenvalue weighted by Gasteiger charge is 2.29. The summed E-state index contributed by atoms with van der Waals surface area (Å²) in [6.45, 7) is 0. The molecule has 0 fully saturated rings. The van der Waals surface area contributed by atoms with Crippen LogP contribution in [0.1, 0.15) is 22.1 Å². The maximum atomic E-state index is 13.9. The van der Waals surface area contributed by atoms with E-state index in [-0.39, 0.29) is 16.5 Å². The molecule has 1 atom stereocenters. The summed E-state index contributed by atoms with van der Waals surface area (Å²) in [6, 6.07) is 9.42. The second kappa shape index (κ2) is 4.96. The predicted molar refractivity (Wildman–Crippen MR) is 76.7 cm³/mol. The van der Waals surface area contributed by atoms with Crippen LogP contribution in [0, 0.1) is 5.82 Å². The molecular formula is C14H9Cl2FN2O. The van der Waals surface area contributed by atoms with Crippen LogP contribution >= 0.6 is 23.2 Å². The normalized spacial score (nSPS) is 17.1. The van der Waals surface area contributed by atoms with Gasteiger partial charge in [-0.25, -0.2) is 4.39 Å². The van der Waals surface area contributed by atoms with E-state index in [0.717, 1.165) is 0 Å². The number of nitrogens with one attached hydrogen (secondary N) is 2. The lowest BCUT2D eigenvalue weighted by Gasteiger charge is -2.29. The summed E-state index contributed by atoms with van der Waals surface area (Å²) in [5.74, 6) is -0.852. The first kappa shape index (κ1) is 13.2. The molecule has 0 bridgehead atoms. The molecule has 3 rings (SSSR count). The lowest BCUT2D eigenvalue weighted by atomic mass is 10.1. The van der Waals surface area contributed by atoms with Gasteiger partial charge < -0.3 is 10.6 Å². The van der Waals surface area contributed by atoms with Crippen molar-refractivity contribution in [3.05, 3.63) is 63.4 Å². The van der Waals surface area contributed by atoms with E-state index < -0.39 is 12.0 Å². The third kappa shape index (κ3) is 2.11. The van der Waals surface area contributed by atoms with E-state index >= 15 is 0 Å². The minimum Gasteiger partial charge on any atom is -0.361 e. The van der Waals surface area contributed by atoms with Crippen LogP contribution in [-0.4, -0.2) is 5.91 Å². The van der Waals surface area contributed by atoms with E-state index in [9.17, 15) is 9.18 Å². The molecule has 1 unspecified atom stereocenters. The topological polar surface area (TPSA) is 41.1 Å². The molecular weight excluding hydrogens is 302 g/mol. The number of benzene rings is 2. The van der Waals surface area contributed by atoms with E-state index in [0.29, 0.717) is 16.3 Å². The van der Waals surface area contributed by atoms with Gasteiger partial charge >= 0.3 is 0 Å². The number of hydrogen-bond donors (Lipinski definition) is 2. The molecule has 102 valence electrons. The van der Waals surface area contributed by atoms with Gasteiger partial charge in [-0.1, -0.05) is 35.3 Å². The van der Waals surface area contributed by atoms with Gasteiger partial charge in [-0.3, -0.25) is 4.79 Å². The van der Waals surface area contributed by atoms with E-state index in [2.05, 4.69) is 10.6 Å². The second-order valence-corrected chi connectivity index (χ2v) is 5.16. The van der Waals surface area contributed by atoms with Crippen LogP contribution in [0.25, 0.3) is 0 Å². The van der Waals surface area contributed by atoms with Gasteiger partial charge in [-0.2, -0.15) is 0 Å². The molecule has 1 amide bonds. The van der Waals surface area contributed by atoms with Gasteiger partial charge in [0.1, 0.15) is 12.0 Å². The molecule has 1 heterocycles. The van der Waals surface area contributed by atoms with Gasteiger partial charge in [0.25, 0.3) is 5.91 Å². The van der Waals surface area contributed by atoms with Crippen molar-refractivity contribution < 1.29 is 9.18 Å². The minimum absolute atomic E-state index is 0.202. The van der Waals surface area contributed by atoms with Crippen molar-refractivity contribution in [2.24, 2.45) is 0 Å². The number of carbonyl (C=O) groups excluding carboxylic acids is 1. The van der Waals surface area contributed by atoms with Crippen molar-refractivity contribution in [3.8, 4) is 0 Å². The first-order valence-corrected chi connectivity index (χ1v) is 6.63. The highest BCUT2D eigenvalue weighted by molar-refractivity contribution is 6.35. The summed E-state index contributed by atoms with van der Waals surface area (Å²) < 4.78 is 13.9. The van der Waals surface area contributed by atoms with E-state index in [1.807, 2.05) is 0 Å². The predicted octanol–water partition coefficient (Wildman–Crippen LogP) is 3.99. The number of rotatable bonds is 1. The van der Waals surface area contributed by atoms with Crippen LogP contribution in [0.15, 0.2) is 36.4 Å². The fraction of sp³-hybridized carbons (Fsp3) is 0.0714. The number of amides is 1. The summed E-state index contributed by atoms with van der Waals surface area (Å²) in [5, 5.41) is 6.26. The average molecular weight is 311 g/mol. The Hall–Kier alpha value is -1.78. The van der Waals surface area contributed by atoms with Crippen LogP contribution in [0.4, 0.5) is 10.1 Å². The Morgan fingerprint density at radius 3 is 2.45 bits per heavy atom. The van der Waals surface area contributed by atoms with E-state index in [1.54, 1.807) is 24.3 Å². The summed E-state index contributed by atoms with van der Waals surface area (Å²) in [7, 11) is 0. The lowest BCUT2D eigenvalue weighted by Crippen LogP contribution is -2.39. The van der Waals surface area contributed by atoms with Gasteiger partial charge in [-0.15, -0.1) is 0 Å². The standard InChI is InChI=1S/C14H9Cl2FN2O/c15-7-3-1-5-9(17)11(7)13-18-10-6-2-4-8(16)12(10)14(20)19-13/h1-6,13,18H,(H,19,20). The molecule has 0 aromatic heterocycles. The van der Waals surface area contributed by atoms with E-state index in [4.69, 9.17) is 23.2 Å². The van der Waals surface area contributed by atoms with Gasteiger partial charge in [0.15, 0.2) is 0 Å². The Morgan fingerprint density at radius 2 is 1.70 bits per heavy atom. The molecule has 0 saturated carbocycles. The summed E-state index contributed by atoms with van der Waals surface area (Å²) in [4.78, 5) is 12.1. The Kier molecular flexibility index (Phi) is 3.28. The van der Waals surface area contributed by atoms with Crippen LogP contribution in [-0.2, 0) is 0 Å². The summed E-state index contributed by atoms with van der Waals surface area (Å²) in [5.41, 5.74) is 1.09. The number of anilines is 1. The van der Waals surface area contributed by atoms with Gasteiger partial charge in [0, 0.05) is 5.56 Å². The zero-order valence-corrected chi connectivity index (χ0v) is 11.6. The Labute approximate surface area is 124 Å². The van der Waals surface area contributed by atoms with E-state index in [1.165, 1.54) is 12.1 Å². The van der Waals surface area contributed by atoms with Crippen molar-refractivity contribution in [1.29, 1.82) is 0 Å². The second-order valence-electron chi connectivity index (χ2n) is 4.35. The number of fused-ring (bicyclic) bond motifs is 1. The fourth-order valence-electron chi connectivity index (χ4n) is 2.20. The molecule has 0 aliphatic carbocycles. The molecule has 20 heavy (non-hydrogen) atoms. The maximum Gasteiger partial charge on any atom is 0.256 e. The molecule has 6 heteroatoms. The van der Waals surface area contributed by atoms with Gasteiger partial charge in [0.2, 0.25) is 0 Å². The highest BCUT2D eigenvalue weighted by Crippen LogP contribution is 2.34. The van der Waals surface area contributed by atoms with Crippen LogP contribution in [0.5, 0.6) is 0 Å². The molecule has 3 nitrogen and oxygen atoms in total. The summed E-state index contributed by atoms with van der Waals surface area (Å²) in [6.07, 6.45) is -0.734. The third-order valence-corrected chi connectivity index (χ3v) is 3.75. The maximum absolute atomic E-state index is 13.9. The quantitative estimate of drug-likeness (QED) is 0.836. The fourth-order valence-corrected chi connectivity index (χ4v) is 2.73. The minimum atomic E-state index is -0.734. The first-order chi connectivity index (χ1) is 9.58. The molecule has 0 saturated heterocycles. The highest BCUT2D eigenvalue weighted by atomic mass is 35.5. The largest absolute Gasteiger partial charge is 0.361 e. The molecule has 1 aliphatic heterocycles. The monoisotopic (exact) mass is 310 g/mol. The zero-order valence-electron chi connectivity index (χ0n) is 10.1. The molecule has 0 radical (unpaired) electrons. The number of halogens is 3. The van der Waals surface area contributed by atoms with Crippen molar-refractivity contribution in [2.45, 2.75) is 6.17 Å². The Morgan fingerprint density at radius 1 is 1.00 bits per heavy atom. The lowest BCUT2D eigenvalue weighted by molar-refractivity contribution is 0.0935. The number of hydrogen-bond acceptors (Lipinski definition) is 2. The van der Waals surface area contributed by atoms with Crippen molar-refractivity contribution in [3.63, 3.8) is 0 Å². The zero-order chi connectivity index (χ0) is 14.3. The van der Waals surface area contributed by atoms with Crippen LogP contribution in [0.3, 0.4) is 0 Å². The van der Waals surface area contributed by atoms with Crippen LogP contribution in [0.2, 0.25) is 10.0 Å². The van der Waals surface area contributed by atoms with Gasteiger partial charge in [0.05, 0.1) is 21.3 Å². The molecule has 2 aromatic rings.